The van der Waals surface area contributed by atoms with Crippen molar-refractivity contribution < 1.29 is 29.4 Å². The van der Waals surface area contributed by atoms with Gasteiger partial charge in [-0.25, -0.2) is 0 Å². The molecular formula is C33H26N2O6. The molecule has 1 spiro atoms. The molecule has 2 saturated heterocycles. The number of carbonyl (C=O) groups excluding carboxylic acids is 4. The van der Waals surface area contributed by atoms with Gasteiger partial charge >= 0.3 is 0 Å². The van der Waals surface area contributed by atoms with Crippen molar-refractivity contribution in [3.05, 3.63) is 119 Å². The fraction of sp³-hybridized carbons (Fsp3) is 0.152. The van der Waals surface area contributed by atoms with E-state index in [1.54, 1.807) is 58.3 Å². The Labute approximate surface area is 236 Å². The van der Waals surface area contributed by atoms with Crippen molar-refractivity contribution in [3.8, 4) is 11.5 Å². The van der Waals surface area contributed by atoms with E-state index in [1.807, 2.05) is 0 Å². The number of benzene rings is 4. The average Bonchev–Trinajstić information content (AvgIpc) is 3.50. The second-order valence-electron chi connectivity index (χ2n) is 10.3. The summed E-state index contributed by atoms with van der Waals surface area (Å²) in [6, 6.07) is 25.5. The van der Waals surface area contributed by atoms with Gasteiger partial charge in [0.15, 0.2) is 11.6 Å². The number of phenolic OH excluding ortho intramolecular Hbond substituents is 2. The minimum Gasteiger partial charge on any atom is -0.508 e. The van der Waals surface area contributed by atoms with E-state index in [4.69, 9.17) is 0 Å². The van der Waals surface area contributed by atoms with E-state index in [0.717, 1.165) is 0 Å². The van der Waals surface area contributed by atoms with Crippen molar-refractivity contribution in [2.24, 2.45) is 0 Å². The summed E-state index contributed by atoms with van der Waals surface area (Å²) in [5.41, 5.74) is 1.58. The number of anilines is 2. The molecule has 0 aliphatic carbocycles. The van der Waals surface area contributed by atoms with Crippen LogP contribution in [0.15, 0.2) is 97.1 Å². The van der Waals surface area contributed by atoms with E-state index in [2.05, 4.69) is 0 Å². The third-order valence-corrected chi connectivity index (χ3v) is 7.80. The monoisotopic (exact) mass is 546 g/mol. The Bertz CT molecular complexity index is 1570. The average molecular weight is 547 g/mol. The topological polar surface area (TPSA) is 115 Å². The normalized spacial score (nSPS) is 16.0. The summed E-state index contributed by atoms with van der Waals surface area (Å²) < 4.78 is 0. The maximum atomic E-state index is 13.4. The number of rotatable bonds is 6. The van der Waals surface area contributed by atoms with Gasteiger partial charge in [0.2, 0.25) is 11.8 Å². The van der Waals surface area contributed by atoms with Gasteiger partial charge in [-0.1, -0.05) is 24.3 Å². The number of aromatic hydroxyl groups is 2. The molecule has 0 radical (unpaired) electrons. The van der Waals surface area contributed by atoms with Gasteiger partial charge in [-0.15, -0.1) is 0 Å². The molecule has 41 heavy (non-hydrogen) atoms. The van der Waals surface area contributed by atoms with Gasteiger partial charge in [0.05, 0.1) is 0 Å². The zero-order chi connectivity index (χ0) is 28.7. The largest absolute Gasteiger partial charge is 0.508 e. The summed E-state index contributed by atoms with van der Waals surface area (Å²) >= 11 is 0. The fourth-order valence-corrected chi connectivity index (χ4v) is 5.87. The Morgan fingerprint density at radius 1 is 0.561 bits per heavy atom. The third kappa shape index (κ3) is 4.53. The minimum atomic E-state index is -0.978. The first kappa shape index (κ1) is 26.0. The lowest BCUT2D eigenvalue weighted by Gasteiger charge is -2.42. The lowest BCUT2D eigenvalue weighted by atomic mass is 9.99. The number of ketones is 2. The van der Waals surface area contributed by atoms with Gasteiger partial charge in [-0.2, -0.15) is 0 Å². The zero-order valence-electron chi connectivity index (χ0n) is 22.0. The Balaban J connectivity index is 1.37. The number of phenols is 2. The number of nitrogens with zero attached hydrogens (tertiary/aromatic N) is 2. The Morgan fingerprint density at radius 3 is 1.34 bits per heavy atom. The first-order valence-electron chi connectivity index (χ1n) is 13.3. The van der Waals surface area contributed by atoms with Crippen molar-refractivity contribution in [1.29, 1.82) is 0 Å². The van der Waals surface area contributed by atoms with Crippen LogP contribution >= 0.6 is 0 Å². The molecule has 6 rings (SSSR count). The summed E-state index contributed by atoms with van der Waals surface area (Å²) in [4.78, 5) is 56.4. The summed E-state index contributed by atoms with van der Waals surface area (Å²) in [7, 11) is 0. The third-order valence-electron chi connectivity index (χ3n) is 7.80. The number of hydrogen-bond donors (Lipinski definition) is 2. The molecule has 4 aromatic rings. The minimum absolute atomic E-state index is 0.0553. The lowest BCUT2D eigenvalue weighted by molar-refractivity contribution is -0.117. The second-order valence-corrected chi connectivity index (χ2v) is 10.3. The summed E-state index contributed by atoms with van der Waals surface area (Å²) in [5.74, 6) is -0.718. The Morgan fingerprint density at radius 2 is 0.951 bits per heavy atom. The van der Waals surface area contributed by atoms with Crippen molar-refractivity contribution in [2.75, 3.05) is 9.80 Å². The predicted octanol–water partition coefficient (Wildman–Crippen LogP) is 5.21. The van der Waals surface area contributed by atoms with Crippen LogP contribution in [-0.4, -0.2) is 39.3 Å². The van der Waals surface area contributed by atoms with E-state index in [0.29, 0.717) is 46.5 Å². The summed E-state index contributed by atoms with van der Waals surface area (Å²) in [6.07, 6.45) is 1.27. The highest BCUT2D eigenvalue weighted by Gasteiger charge is 2.56. The van der Waals surface area contributed by atoms with Crippen LogP contribution in [-0.2, 0) is 9.59 Å². The number of hydrogen-bond acceptors (Lipinski definition) is 6. The number of amides is 2. The molecule has 2 aliphatic rings. The number of carbonyl (C=O) groups is 4. The molecule has 2 N–H and O–H groups in total. The molecule has 204 valence electrons. The van der Waals surface area contributed by atoms with Crippen molar-refractivity contribution in [2.45, 2.75) is 31.3 Å². The first-order valence-corrected chi connectivity index (χ1v) is 13.3. The molecule has 0 aromatic heterocycles. The lowest BCUT2D eigenvalue weighted by Crippen LogP contribution is -2.56. The van der Waals surface area contributed by atoms with Crippen molar-refractivity contribution in [3.63, 3.8) is 0 Å². The zero-order valence-corrected chi connectivity index (χ0v) is 22.0. The molecule has 0 unspecified atom stereocenters. The van der Waals surface area contributed by atoms with E-state index >= 15 is 0 Å². The van der Waals surface area contributed by atoms with Gasteiger partial charge in [0.25, 0.3) is 0 Å². The molecule has 8 heteroatoms. The van der Waals surface area contributed by atoms with Crippen molar-refractivity contribution >= 4 is 34.8 Å². The van der Waals surface area contributed by atoms with Crippen LogP contribution in [0.3, 0.4) is 0 Å². The van der Waals surface area contributed by atoms with E-state index in [1.165, 1.54) is 48.5 Å². The molecule has 0 atom stereocenters. The predicted molar refractivity (Wildman–Crippen MR) is 152 cm³/mol. The van der Waals surface area contributed by atoms with Gasteiger partial charge in [0.1, 0.15) is 17.2 Å². The van der Waals surface area contributed by atoms with Gasteiger partial charge < -0.3 is 10.2 Å². The standard InChI is InChI=1S/C33H26N2O6/c36-27-11-7-21(8-12-27)31(40)23-3-1-5-25(19-23)34-29(38)15-17-33(34)18-16-30(39)35(33)26-6-2-4-24(20-26)32(41)22-9-13-28(37)14-10-22/h1-14,19-20,36-37H,15-18H2. The summed E-state index contributed by atoms with van der Waals surface area (Å²) in [5, 5.41) is 19.2. The summed E-state index contributed by atoms with van der Waals surface area (Å²) in [6.45, 7) is 0. The maximum absolute atomic E-state index is 13.4. The molecule has 0 saturated carbocycles. The highest BCUT2D eigenvalue weighted by atomic mass is 16.3. The van der Waals surface area contributed by atoms with Gasteiger partial charge in [0, 0.05) is 46.5 Å². The van der Waals surface area contributed by atoms with Gasteiger partial charge in [-0.05, 0) is 85.6 Å². The quantitative estimate of drug-likeness (QED) is 0.321. The molecule has 2 heterocycles. The molecule has 2 amide bonds. The highest BCUT2D eigenvalue weighted by Crippen LogP contribution is 2.47. The highest BCUT2D eigenvalue weighted by molar-refractivity contribution is 6.12. The van der Waals surface area contributed by atoms with Crippen LogP contribution in [0, 0.1) is 0 Å². The van der Waals surface area contributed by atoms with Crippen LogP contribution in [0.5, 0.6) is 11.5 Å². The molecule has 8 nitrogen and oxygen atoms in total. The van der Waals surface area contributed by atoms with E-state index in [-0.39, 0.29) is 47.7 Å². The van der Waals surface area contributed by atoms with Gasteiger partial charge in [-0.3, -0.25) is 29.0 Å². The second kappa shape index (κ2) is 10.1. The van der Waals surface area contributed by atoms with E-state index in [9.17, 15) is 29.4 Å². The molecule has 2 fully saturated rings. The Hall–Kier alpha value is -5.24. The van der Waals surface area contributed by atoms with Crippen LogP contribution in [0.2, 0.25) is 0 Å². The van der Waals surface area contributed by atoms with Crippen LogP contribution in [0.1, 0.15) is 57.5 Å². The van der Waals surface area contributed by atoms with Crippen LogP contribution < -0.4 is 9.80 Å². The van der Waals surface area contributed by atoms with Crippen LogP contribution in [0.4, 0.5) is 11.4 Å². The van der Waals surface area contributed by atoms with Crippen molar-refractivity contribution in [1.82, 2.24) is 0 Å². The Kier molecular flexibility index (Phi) is 6.38. The smallest absolute Gasteiger partial charge is 0.229 e. The van der Waals surface area contributed by atoms with Crippen LogP contribution in [0.25, 0.3) is 0 Å². The maximum Gasteiger partial charge on any atom is 0.229 e. The molecule has 2 aliphatic heterocycles. The molecule has 0 bridgehead atoms. The first-order chi connectivity index (χ1) is 19.8. The molecule has 4 aromatic carbocycles. The fourth-order valence-electron chi connectivity index (χ4n) is 5.87. The molecular weight excluding hydrogens is 520 g/mol. The van der Waals surface area contributed by atoms with E-state index < -0.39 is 5.66 Å². The SMILES string of the molecule is O=C(c1ccc(O)cc1)c1cccc(N2C(=O)CCC23CCC(=O)N3c2cccc(C(=O)c3ccc(O)cc3)c2)c1.